The molecular weight excluding hydrogens is 371 g/mol. The van der Waals surface area contributed by atoms with Crippen molar-refractivity contribution in [2.45, 2.75) is 13.1 Å². The van der Waals surface area contributed by atoms with E-state index in [1.165, 1.54) is 0 Å². The third-order valence-electron chi connectivity index (χ3n) is 4.10. The maximum atomic E-state index is 6.10. The number of nitrogens with zero attached hydrogens (tertiary/aromatic N) is 4. The lowest BCUT2D eigenvalue weighted by molar-refractivity contribution is 0.749. The Morgan fingerprint density at radius 1 is 1.19 bits per heavy atom. The van der Waals surface area contributed by atoms with Gasteiger partial charge in [-0.15, -0.1) is 0 Å². The smallest absolute Gasteiger partial charge is 0.191 e. The lowest BCUT2D eigenvalue weighted by Crippen LogP contribution is -2.36. The van der Waals surface area contributed by atoms with E-state index in [1.807, 2.05) is 40.6 Å². The monoisotopic (exact) mass is 390 g/mol. The van der Waals surface area contributed by atoms with Crippen LogP contribution < -0.4 is 10.6 Å². The molecule has 136 valence electrons. The van der Waals surface area contributed by atoms with Gasteiger partial charge in [-0.1, -0.05) is 41.4 Å². The molecule has 0 atom stereocenters. The predicted octanol–water partition coefficient (Wildman–Crippen LogP) is 3.38. The first-order valence-corrected chi connectivity index (χ1v) is 8.86. The highest BCUT2D eigenvalue weighted by Crippen LogP contribution is 2.24. The highest BCUT2D eigenvalue weighted by molar-refractivity contribution is 6.41. The molecule has 0 spiro atoms. The van der Waals surface area contributed by atoms with E-state index in [4.69, 9.17) is 23.2 Å². The van der Waals surface area contributed by atoms with Crippen LogP contribution in [-0.4, -0.2) is 27.1 Å². The predicted molar refractivity (Wildman–Crippen MR) is 106 cm³/mol. The van der Waals surface area contributed by atoms with Gasteiger partial charge in [-0.3, -0.25) is 4.99 Å². The fraction of sp³-hybridized carbons (Fsp3) is 0.222. The summed E-state index contributed by atoms with van der Waals surface area (Å²) in [5.74, 6) is 0.693. The Morgan fingerprint density at radius 3 is 2.62 bits per heavy atom. The molecule has 0 radical (unpaired) electrons. The molecule has 0 fully saturated rings. The molecule has 3 rings (SSSR count). The number of aliphatic imine (C=N–C) groups is 1. The van der Waals surface area contributed by atoms with Crippen LogP contribution in [0.1, 0.15) is 11.3 Å². The quantitative estimate of drug-likeness (QED) is 0.518. The minimum absolute atomic E-state index is 0.528. The van der Waals surface area contributed by atoms with Crippen LogP contribution in [0.15, 0.2) is 54.0 Å². The van der Waals surface area contributed by atoms with E-state index in [2.05, 4.69) is 32.7 Å². The van der Waals surface area contributed by atoms with Crippen LogP contribution in [0.25, 0.3) is 5.69 Å². The number of imidazole rings is 1. The molecular formula is C18H20Cl2N6. The molecule has 0 bridgehead atoms. The maximum Gasteiger partial charge on any atom is 0.191 e. The molecule has 0 aliphatic heterocycles. The number of rotatable bonds is 5. The van der Waals surface area contributed by atoms with Gasteiger partial charge in [-0.2, -0.15) is 0 Å². The van der Waals surface area contributed by atoms with E-state index in [0.29, 0.717) is 29.2 Å². The minimum Gasteiger partial charge on any atom is -0.352 e. The topological polar surface area (TPSA) is 59.2 Å². The van der Waals surface area contributed by atoms with Gasteiger partial charge in [0.2, 0.25) is 0 Å². The van der Waals surface area contributed by atoms with Gasteiger partial charge in [-0.05, 0) is 17.7 Å². The second kappa shape index (κ2) is 8.29. The van der Waals surface area contributed by atoms with Crippen LogP contribution in [0.4, 0.5) is 0 Å². The lowest BCUT2D eigenvalue weighted by Gasteiger charge is -2.15. The number of para-hydroxylation sites is 1. The van der Waals surface area contributed by atoms with Crippen LogP contribution >= 0.6 is 23.2 Å². The Bertz CT molecular complexity index is 899. The Kier molecular flexibility index (Phi) is 5.85. The van der Waals surface area contributed by atoms with E-state index in [1.54, 1.807) is 19.6 Å². The maximum absolute atomic E-state index is 6.10. The molecule has 1 aromatic carbocycles. The Balaban J connectivity index is 1.64. The third-order valence-corrected chi connectivity index (χ3v) is 4.94. The van der Waals surface area contributed by atoms with Crippen molar-refractivity contribution in [3.05, 3.63) is 70.5 Å². The van der Waals surface area contributed by atoms with Crippen LogP contribution in [-0.2, 0) is 20.1 Å². The minimum atomic E-state index is 0.528. The molecule has 6 nitrogen and oxygen atoms in total. The van der Waals surface area contributed by atoms with E-state index in [9.17, 15) is 0 Å². The van der Waals surface area contributed by atoms with Crippen LogP contribution in [0.2, 0.25) is 10.2 Å². The van der Waals surface area contributed by atoms with Gasteiger partial charge >= 0.3 is 0 Å². The molecule has 0 saturated heterocycles. The van der Waals surface area contributed by atoms with Crippen molar-refractivity contribution in [2.24, 2.45) is 12.0 Å². The zero-order valence-electron chi connectivity index (χ0n) is 14.6. The first-order valence-electron chi connectivity index (χ1n) is 8.10. The first-order chi connectivity index (χ1) is 12.6. The highest BCUT2D eigenvalue weighted by Gasteiger charge is 2.10. The first kappa shape index (κ1) is 18.4. The summed E-state index contributed by atoms with van der Waals surface area (Å²) >= 11 is 12.2. The van der Waals surface area contributed by atoms with E-state index >= 15 is 0 Å². The normalized spacial score (nSPS) is 11.6. The summed E-state index contributed by atoms with van der Waals surface area (Å²) in [5, 5.41) is 7.68. The Labute approximate surface area is 162 Å². The Morgan fingerprint density at radius 2 is 1.96 bits per heavy atom. The van der Waals surface area contributed by atoms with E-state index < -0.39 is 0 Å². The SMILES string of the molecule is CN=C(NCc1ccccc1-n1ccnc1)NCc1cc(Cl)c(Cl)n1C. The van der Waals surface area contributed by atoms with Crippen molar-refractivity contribution >= 4 is 29.2 Å². The molecule has 8 heteroatoms. The molecule has 3 aromatic rings. The summed E-state index contributed by atoms with van der Waals surface area (Å²) in [6.45, 7) is 1.19. The summed E-state index contributed by atoms with van der Waals surface area (Å²) in [4.78, 5) is 8.38. The van der Waals surface area contributed by atoms with Gasteiger partial charge < -0.3 is 19.8 Å². The van der Waals surface area contributed by atoms with Crippen LogP contribution in [0.3, 0.4) is 0 Å². The fourth-order valence-corrected chi connectivity index (χ4v) is 3.06. The molecule has 0 aliphatic rings. The number of aromatic nitrogens is 3. The molecule has 2 heterocycles. The van der Waals surface area contributed by atoms with Gasteiger partial charge in [0.25, 0.3) is 0 Å². The number of hydrogen-bond acceptors (Lipinski definition) is 2. The number of halogens is 2. The van der Waals surface area contributed by atoms with Crippen molar-refractivity contribution < 1.29 is 0 Å². The number of benzene rings is 1. The number of guanidine groups is 1. The average Bonchev–Trinajstić information content (AvgIpc) is 3.27. The molecule has 0 amide bonds. The van der Waals surface area contributed by atoms with Gasteiger partial charge in [0, 0.05) is 38.7 Å². The van der Waals surface area contributed by atoms with Gasteiger partial charge in [-0.25, -0.2) is 4.98 Å². The van der Waals surface area contributed by atoms with E-state index in [0.717, 1.165) is 16.9 Å². The highest BCUT2D eigenvalue weighted by atomic mass is 35.5. The summed E-state index contributed by atoms with van der Waals surface area (Å²) in [5.41, 5.74) is 3.19. The van der Waals surface area contributed by atoms with Gasteiger partial charge in [0.1, 0.15) is 5.15 Å². The van der Waals surface area contributed by atoms with Crippen molar-refractivity contribution in [3.8, 4) is 5.69 Å². The van der Waals surface area contributed by atoms with E-state index in [-0.39, 0.29) is 0 Å². The number of hydrogen-bond donors (Lipinski definition) is 2. The summed E-state index contributed by atoms with van der Waals surface area (Å²) in [6.07, 6.45) is 5.48. The van der Waals surface area contributed by atoms with Crippen molar-refractivity contribution in [2.75, 3.05) is 7.05 Å². The summed E-state index contributed by atoms with van der Waals surface area (Å²) in [7, 11) is 3.62. The lowest BCUT2D eigenvalue weighted by atomic mass is 10.1. The van der Waals surface area contributed by atoms with Crippen molar-refractivity contribution in [3.63, 3.8) is 0 Å². The second-order valence-corrected chi connectivity index (χ2v) is 6.48. The molecule has 2 aromatic heterocycles. The zero-order valence-corrected chi connectivity index (χ0v) is 16.1. The second-order valence-electron chi connectivity index (χ2n) is 5.71. The van der Waals surface area contributed by atoms with Gasteiger partial charge in [0.05, 0.1) is 23.6 Å². The zero-order chi connectivity index (χ0) is 18.5. The van der Waals surface area contributed by atoms with Crippen molar-refractivity contribution in [1.82, 2.24) is 24.8 Å². The molecule has 26 heavy (non-hydrogen) atoms. The average molecular weight is 391 g/mol. The standard InChI is InChI=1S/C18H20Cl2N6/c1-21-18(24-11-14-9-15(19)17(20)25(14)2)23-10-13-5-3-4-6-16(13)26-8-7-22-12-26/h3-9,12H,10-11H2,1-2H3,(H2,21,23,24). The van der Waals surface area contributed by atoms with Crippen molar-refractivity contribution in [1.29, 1.82) is 0 Å². The Hall–Kier alpha value is -2.44. The van der Waals surface area contributed by atoms with Crippen LogP contribution in [0, 0.1) is 0 Å². The summed E-state index contributed by atoms with van der Waals surface area (Å²) < 4.78 is 3.83. The number of nitrogens with one attached hydrogen (secondary N) is 2. The van der Waals surface area contributed by atoms with Crippen LogP contribution in [0.5, 0.6) is 0 Å². The molecule has 0 unspecified atom stereocenters. The molecule has 2 N–H and O–H groups in total. The third kappa shape index (κ3) is 4.03. The molecule has 0 saturated carbocycles. The van der Waals surface area contributed by atoms with Gasteiger partial charge in [0.15, 0.2) is 5.96 Å². The largest absolute Gasteiger partial charge is 0.352 e. The fourth-order valence-electron chi connectivity index (χ4n) is 2.65. The summed E-state index contributed by atoms with van der Waals surface area (Å²) in [6, 6.07) is 10.0. The molecule has 0 aliphatic carbocycles.